The molecule has 37 heavy (non-hydrogen) atoms. The van der Waals surface area contributed by atoms with Crippen LogP contribution in [0.4, 0.5) is 5.82 Å². The molecule has 1 spiro atoms. The van der Waals surface area contributed by atoms with Gasteiger partial charge in [0.05, 0.1) is 24.5 Å². The number of nitrogens with zero attached hydrogens (tertiary/aromatic N) is 6. The van der Waals surface area contributed by atoms with E-state index in [-0.39, 0.29) is 11.5 Å². The number of aromatic nitrogens is 4. The number of thioether (sulfide) groups is 1. The van der Waals surface area contributed by atoms with Crippen LogP contribution in [0.25, 0.3) is 0 Å². The van der Waals surface area contributed by atoms with Gasteiger partial charge < -0.3 is 14.5 Å². The van der Waals surface area contributed by atoms with E-state index in [0.29, 0.717) is 18.8 Å². The van der Waals surface area contributed by atoms with Gasteiger partial charge >= 0.3 is 0 Å². The maximum absolute atomic E-state index is 12.5. The predicted octanol–water partition coefficient (Wildman–Crippen LogP) is 4.57. The Balaban J connectivity index is 1.37. The van der Waals surface area contributed by atoms with Gasteiger partial charge in [-0.25, -0.2) is 9.97 Å². The second-order valence-corrected chi connectivity index (χ2v) is 11.9. The van der Waals surface area contributed by atoms with Crippen molar-refractivity contribution in [2.24, 2.45) is 0 Å². The molecule has 3 aliphatic rings. The average Bonchev–Trinajstić information content (AvgIpc) is 3.18. The van der Waals surface area contributed by atoms with Gasteiger partial charge in [-0.05, 0) is 49.6 Å². The monoisotopic (exact) mass is 582 g/mol. The lowest BCUT2D eigenvalue weighted by molar-refractivity contribution is -0.0861. The molecule has 2 aromatic heterocycles. The van der Waals surface area contributed by atoms with Gasteiger partial charge in [-0.3, -0.25) is 9.48 Å². The Morgan fingerprint density at radius 3 is 2.89 bits per heavy atom. The normalized spacial score (nSPS) is 20.7. The van der Waals surface area contributed by atoms with Crippen molar-refractivity contribution in [1.82, 2.24) is 24.6 Å². The largest absolute Gasteiger partial charge is 0.365 e. The fourth-order valence-electron chi connectivity index (χ4n) is 5.95. The SMILES string of the molecule is CSc1nc2c(c(N3CCCn4nc(C(=O)N(C)C)cc4C3)n1)COC1(CCCc3cccc(Br)c31)C2. The summed E-state index contributed by atoms with van der Waals surface area (Å²) < 4.78 is 9.89. The first kappa shape index (κ1) is 24.9. The molecule has 3 aromatic rings. The molecule has 194 valence electrons. The van der Waals surface area contributed by atoms with E-state index in [1.54, 1.807) is 30.8 Å². The molecule has 10 heteroatoms. The molecule has 0 bridgehead atoms. The topological polar surface area (TPSA) is 76.4 Å². The van der Waals surface area contributed by atoms with Crippen LogP contribution in [0.3, 0.4) is 0 Å². The van der Waals surface area contributed by atoms with Gasteiger partial charge in [-0.1, -0.05) is 39.8 Å². The Bertz CT molecular complexity index is 1380. The predicted molar refractivity (Wildman–Crippen MR) is 147 cm³/mol. The van der Waals surface area contributed by atoms with E-state index >= 15 is 0 Å². The van der Waals surface area contributed by atoms with Crippen LogP contribution in [0.2, 0.25) is 0 Å². The van der Waals surface area contributed by atoms with E-state index in [9.17, 15) is 4.79 Å². The molecule has 2 aliphatic heterocycles. The van der Waals surface area contributed by atoms with Crippen molar-refractivity contribution in [3.63, 3.8) is 0 Å². The van der Waals surface area contributed by atoms with Gasteiger partial charge in [0.25, 0.3) is 5.91 Å². The first-order valence-corrected chi connectivity index (χ1v) is 14.8. The number of anilines is 1. The van der Waals surface area contributed by atoms with Gasteiger partial charge in [0.1, 0.15) is 11.4 Å². The molecule has 1 atom stereocenters. The van der Waals surface area contributed by atoms with Crippen molar-refractivity contribution in [3.8, 4) is 0 Å². The summed E-state index contributed by atoms with van der Waals surface area (Å²) in [6, 6.07) is 8.39. The smallest absolute Gasteiger partial charge is 0.273 e. The van der Waals surface area contributed by atoms with Crippen LogP contribution in [0.15, 0.2) is 33.9 Å². The van der Waals surface area contributed by atoms with Crippen LogP contribution < -0.4 is 4.90 Å². The van der Waals surface area contributed by atoms with Crippen molar-refractivity contribution in [2.45, 2.75) is 62.6 Å². The lowest BCUT2D eigenvalue weighted by Crippen LogP contribution is -2.41. The maximum Gasteiger partial charge on any atom is 0.273 e. The summed E-state index contributed by atoms with van der Waals surface area (Å²) in [4.78, 5) is 26.4. The molecule has 6 rings (SSSR count). The molecule has 1 aromatic carbocycles. The van der Waals surface area contributed by atoms with E-state index in [4.69, 9.17) is 14.7 Å². The van der Waals surface area contributed by atoms with Crippen molar-refractivity contribution in [3.05, 3.63) is 62.5 Å². The van der Waals surface area contributed by atoms with E-state index in [0.717, 1.165) is 77.6 Å². The van der Waals surface area contributed by atoms with Gasteiger partial charge in [0.2, 0.25) is 0 Å². The zero-order valence-electron chi connectivity index (χ0n) is 21.5. The average molecular weight is 584 g/mol. The van der Waals surface area contributed by atoms with Crippen molar-refractivity contribution in [2.75, 3.05) is 31.8 Å². The fraction of sp³-hybridized carbons (Fsp3) is 0.481. The summed E-state index contributed by atoms with van der Waals surface area (Å²) in [6.45, 7) is 2.77. The van der Waals surface area contributed by atoms with Crippen LogP contribution in [0.1, 0.15) is 57.8 Å². The highest BCUT2D eigenvalue weighted by Gasteiger charge is 2.44. The lowest BCUT2D eigenvalue weighted by Gasteiger charge is -2.43. The first-order valence-electron chi connectivity index (χ1n) is 12.8. The number of benzene rings is 1. The van der Waals surface area contributed by atoms with E-state index in [2.05, 4.69) is 44.1 Å². The maximum atomic E-state index is 12.5. The highest BCUT2D eigenvalue weighted by atomic mass is 79.9. The van der Waals surface area contributed by atoms with E-state index < -0.39 is 0 Å². The fourth-order valence-corrected chi connectivity index (χ4v) is 7.10. The van der Waals surface area contributed by atoms with E-state index in [1.165, 1.54) is 11.1 Å². The molecule has 1 unspecified atom stereocenters. The minimum Gasteiger partial charge on any atom is -0.365 e. The Hall–Kier alpha value is -2.43. The van der Waals surface area contributed by atoms with Gasteiger partial charge in [0.15, 0.2) is 10.9 Å². The Morgan fingerprint density at radius 2 is 2.08 bits per heavy atom. The number of hydrogen-bond acceptors (Lipinski definition) is 7. The second kappa shape index (κ2) is 9.71. The molecule has 0 saturated carbocycles. The molecule has 0 saturated heterocycles. The first-order chi connectivity index (χ1) is 17.9. The third-order valence-corrected chi connectivity index (χ3v) is 8.91. The molecule has 0 radical (unpaired) electrons. The number of amides is 1. The Kier molecular flexibility index (Phi) is 6.53. The quantitative estimate of drug-likeness (QED) is 0.330. The lowest BCUT2D eigenvalue weighted by atomic mass is 9.75. The molecule has 0 fully saturated rings. The van der Waals surface area contributed by atoms with Gasteiger partial charge in [0, 0.05) is 49.2 Å². The number of halogens is 1. The summed E-state index contributed by atoms with van der Waals surface area (Å²) in [5.41, 5.74) is 5.98. The number of carbonyl (C=O) groups excluding carboxylic acids is 1. The zero-order valence-corrected chi connectivity index (χ0v) is 23.9. The number of rotatable bonds is 3. The molecule has 0 N–H and O–H groups in total. The van der Waals surface area contributed by atoms with Gasteiger partial charge in [-0.2, -0.15) is 5.10 Å². The summed E-state index contributed by atoms with van der Waals surface area (Å²) in [5.74, 6) is 0.872. The van der Waals surface area contributed by atoms with Crippen molar-refractivity contribution >= 4 is 39.4 Å². The summed E-state index contributed by atoms with van der Waals surface area (Å²) in [5, 5.41) is 5.39. The van der Waals surface area contributed by atoms with Crippen LogP contribution in [-0.2, 0) is 42.9 Å². The molecule has 4 heterocycles. The van der Waals surface area contributed by atoms with Crippen molar-refractivity contribution < 1.29 is 9.53 Å². The molecule has 1 amide bonds. The third kappa shape index (κ3) is 4.36. The Labute approximate surface area is 229 Å². The number of hydrogen-bond donors (Lipinski definition) is 0. The van der Waals surface area contributed by atoms with Crippen molar-refractivity contribution in [1.29, 1.82) is 0 Å². The number of ether oxygens (including phenoxy) is 1. The summed E-state index contributed by atoms with van der Waals surface area (Å²) >= 11 is 5.40. The highest BCUT2D eigenvalue weighted by molar-refractivity contribution is 9.10. The summed E-state index contributed by atoms with van der Waals surface area (Å²) in [6.07, 6.45) is 6.87. The van der Waals surface area contributed by atoms with Gasteiger partial charge in [-0.15, -0.1) is 0 Å². The molecule has 1 aliphatic carbocycles. The summed E-state index contributed by atoms with van der Waals surface area (Å²) in [7, 11) is 3.51. The second-order valence-electron chi connectivity index (χ2n) is 10.3. The zero-order chi connectivity index (χ0) is 25.7. The third-order valence-electron chi connectivity index (χ3n) is 7.70. The van der Waals surface area contributed by atoms with E-state index in [1.807, 2.05) is 17.0 Å². The van der Waals surface area contributed by atoms with Crippen LogP contribution in [-0.4, -0.2) is 57.5 Å². The standard InChI is InChI=1S/C27H31BrN6O2S/c1-32(2)25(35)21-13-18-15-33(11-6-12-34(18)31-21)24-19-16-36-27(14-22(19)29-26(30-24)37-3)10-5-8-17-7-4-9-20(28)23(17)27/h4,7,9,13H,5-6,8,10-12,14-16H2,1-3H3. The number of aryl methyl sites for hydroxylation is 2. The number of fused-ring (bicyclic) bond motifs is 4. The minimum absolute atomic E-state index is 0.0752. The van der Waals surface area contributed by atoms with Crippen LogP contribution in [0, 0.1) is 0 Å². The Morgan fingerprint density at radius 1 is 1.22 bits per heavy atom. The number of carbonyl (C=O) groups is 1. The molecular weight excluding hydrogens is 552 g/mol. The molecule has 8 nitrogen and oxygen atoms in total. The minimum atomic E-state index is -0.360. The van der Waals surface area contributed by atoms with Crippen LogP contribution in [0.5, 0.6) is 0 Å². The molecular formula is C27H31BrN6O2S. The highest BCUT2D eigenvalue weighted by Crippen LogP contribution is 2.48. The van der Waals surface area contributed by atoms with Crippen LogP contribution >= 0.6 is 27.7 Å².